The van der Waals surface area contributed by atoms with E-state index in [1.54, 1.807) is 45.9 Å². The number of carbonyl (C=O) groups is 1. The number of amides is 1. The zero-order valence-corrected chi connectivity index (χ0v) is 17.1. The van der Waals surface area contributed by atoms with Gasteiger partial charge in [-0.2, -0.15) is 0 Å². The standard InChI is InChI=1S/C20H25N3O6/c1-6-25-13-7-8-15-14(9-13)22-18(27-15)16-10-17(23-29-16)26-11-12(2)21-19(24)28-20(3,4)5/h7-10,12H,6,11H2,1-5H3,(H,21,24)/t12-/m0/s1. The third-order valence-corrected chi connectivity index (χ3v) is 3.61. The average Bonchev–Trinajstić information content (AvgIpc) is 3.24. The number of nitrogens with zero attached hydrogens (tertiary/aromatic N) is 2. The highest BCUT2D eigenvalue weighted by atomic mass is 16.6. The maximum absolute atomic E-state index is 11.8. The van der Waals surface area contributed by atoms with Crippen LogP contribution in [0.15, 0.2) is 33.2 Å². The molecule has 0 aliphatic carbocycles. The van der Waals surface area contributed by atoms with Crippen LogP contribution >= 0.6 is 0 Å². The maximum atomic E-state index is 11.8. The van der Waals surface area contributed by atoms with Crippen LogP contribution in [0.5, 0.6) is 11.6 Å². The fourth-order valence-electron chi connectivity index (χ4n) is 2.46. The summed E-state index contributed by atoms with van der Waals surface area (Å²) in [4.78, 5) is 16.2. The molecule has 0 saturated heterocycles. The first kappa shape index (κ1) is 20.5. The lowest BCUT2D eigenvalue weighted by Crippen LogP contribution is -2.40. The zero-order valence-electron chi connectivity index (χ0n) is 17.1. The molecule has 0 saturated carbocycles. The van der Waals surface area contributed by atoms with Crippen molar-refractivity contribution in [2.75, 3.05) is 13.2 Å². The molecular weight excluding hydrogens is 378 g/mol. The van der Waals surface area contributed by atoms with Crippen LogP contribution in [0.25, 0.3) is 22.8 Å². The summed E-state index contributed by atoms with van der Waals surface area (Å²) in [6.45, 7) is 9.87. The van der Waals surface area contributed by atoms with E-state index in [-0.39, 0.29) is 24.4 Å². The summed E-state index contributed by atoms with van der Waals surface area (Å²) < 4.78 is 27.2. The van der Waals surface area contributed by atoms with Crippen LogP contribution in [-0.2, 0) is 4.74 Å². The van der Waals surface area contributed by atoms with E-state index in [2.05, 4.69) is 15.5 Å². The average molecular weight is 403 g/mol. The SMILES string of the molecule is CCOc1ccc2oc(-c3cc(OC[C@H](C)NC(=O)OC(C)(C)C)no3)nc2c1. The number of rotatable bonds is 7. The largest absolute Gasteiger partial charge is 0.494 e. The summed E-state index contributed by atoms with van der Waals surface area (Å²) in [6.07, 6.45) is -0.507. The monoisotopic (exact) mass is 403 g/mol. The number of ether oxygens (including phenoxy) is 3. The van der Waals surface area contributed by atoms with Crippen molar-refractivity contribution in [1.82, 2.24) is 15.5 Å². The van der Waals surface area contributed by atoms with Crippen LogP contribution < -0.4 is 14.8 Å². The Morgan fingerprint density at radius 2 is 2.03 bits per heavy atom. The van der Waals surface area contributed by atoms with Crippen molar-refractivity contribution >= 4 is 17.2 Å². The van der Waals surface area contributed by atoms with Gasteiger partial charge in [0.25, 0.3) is 11.8 Å². The van der Waals surface area contributed by atoms with E-state index in [0.717, 1.165) is 0 Å². The number of nitrogens with one attached hydrogen (secondary N) is 1. The van der Waals surface area contributed by atoms with Crippen LogP contribution in [0.3, 0.4) is 0 Å². The minimum atomic E-state index is -0.561. The molecule has 0 spiro atoms. The number of alkyl carbamates (subject to hydrolysis) is 1. The molecule has 9 nitrogen and oxygen atoms in total. The van der Waals surface area contributed by atoms with Gasteiger partial charge in [0.1, 0.15) is 23.5 Å². The van der Waals surface area contributed by atoms with Crippen molar-refractivity contribution in [2.45, 2.75) is 46.3 Å². The number of aromatic nitrogens is 2. The molecule has 2 aromatic heterocycles. The number of benzene rings is 1. The van der Waals surface area contributed by atoms with Crippen molar-refractivity contribution in [3.63, 3.8) is 0 Å². The van der Waals surface area contributed by atoms with E-state index in [9.17, 15) is 4.79 Å². The second-order valence-electron chi connectivity index (χ2n) is 7.47. The molecule has 1 atom stereocenters. The van der Waals surface area contributed by atoms with Crippen molar-refractivity contribution in [3.8, 4) is 23.3 Å². The van der Waals surface area contributed by atoms with Crippen molar-refractivity contribution in [2.24, 2.45) is 0 Å². The van der Waals surface area contributed by atoms with Crippen molar-refractivity contribution < 1.29 is 27.9 Å². The van der Waals surface area contributed by atoms with Crippen LogP contribution in [0.4, 0.5) is 4.79 Å². The molecule has 0 fully saturated rings. The smallest absolute Gasteiger partial charge is 0.407 e. The third-order valence-electron chi connectivity index (χ3n) is 3.61. The summed E-state index contributed by atoms with van der Waals surface area (Å²) in [5, 5.41) is 6.55. The Morgan fingerprint density at radius 1 is 1.24 bits per heavy atom. The summed E-state index contributed by atoms with van der Waals surface area (Å²) in [7, 11) is 0. The Bertz CT molecular complexity index is 972. The highest BCUT2D eigenvalue weighted by molar-refractivity contribution is 5.77. The second kappa shape index (κ2) is 8.42. The van der Waals surface area contributed by atoms with Gasteiger partial charge in [0, 0.05) is 6.07 Å². The van der Waals surface area contributed by atoms with Gasteiger partial charge in [0.2, 0.25) is 5.76 Å². The molecule has 3 aromatic rings. The van der Waals surface area contributed by atoms with E-state index in [1.165, 1.54) is 0 Å². The van der Waals surface area contributed by atoms with Gasteiger partial charge in [0.05, 0.1) is 18.7 Å². The summed E-state index contributed by atoms with van der Waals surface area (Å²) >= 11 is 0. The zero-order chi connectivity index (χ0) is 21.0. The first-order chi connectivity index (χ1) is 13.7. The Morgan fingerprint density at radius 3 is 2.76 bits per heavy atom. The van der Waals surface area contributed by atoms with Gasteiger partial charge in [-0.3, -0.25) is 0 Å². The molecule has 0 radical (unpaired) electrons. The van der Waals surface area contributed by atoms with Crippen LogP contribution in [0.1, 0.15) is 34.6 Å². The molecule has 0 bridgehead atoms. The van der Waals surface area contributed by atoms with Gasteiger partial charge in [-0.25, -0.2) is 9.78 Å². The fourth-order valence-corrected chi connectivity index (χ4v) is 2.46. The molecule has 0 unspecified atom stereocenters. The number of hydrogen-bond acceptors (Lipinski definition) is 8. The van der Waals surface area contributed by atoms with E-state index in [1.807, 2.05) is 13.0 Å². The number of carbonyl (C=O) groups excluding carboxylic acids is 1. The lowest BCUT2D eigenvalue weighted by Gasteiger charge is -2.21. The molecular formula is C20H25N3O6. The molecule has 156 valence electrons. The lowest BCUT2D eigenvalue weighted by molar-refractivity contribution is 0.0492. The minimum absolute atomic E-state index is 0.191. The summed E-state index contributed by atoms with van der Waals surface area (Å²) in [5.41, 5.74) is 0.701. The second-order valence-corrected chi connectivity index (χ2v) is 7.47. The molecule has 9 heteroatoms. The minimum Gasteiger partial charge on any atom is -0.494 e. The molecule has 1 aromatic carbocycles. The third kappa shape index (κ3) is 5.63. The van der Waals surface area contributed by atoms with E-state index in [0.29, 0.717) is 29.2 Å². The molecule has 1 amide bonds. The van der Waals surface area contributed by atoms with Crippen molar-refractivity contribution in [3.05, 3.63) is 24.3 Å². The molecule has 3 rings (SSSR count). The highest BCUT2D eigenvalue weighted by Gasteiger charge is 2.19. The Labute approximate surface area is 168 Å². The summed E-state index contributed by atoms with van der Waals surface area (Å²) in [5.74, 6) is 1.60. The Hall–Kier alpha value is -3.23. The van der Waals surface area contributed by atoms with Crippen LogP contribution in [-0.4, -0.2) is 41.1 Å². The van der Waals surface area contributed by atoms with Crippen LogP contribution in [0, 0.1) is 0 Å². The first-order valence-corrected chi connectivity index (χ1v) is 9.36. The van der Waals surface area contributed by atoms with E-state index in [4.69, 9.17) is 23.2 Å². The van der Waals surface area contributed by atoms with Gasteiger partial charge in [-0.1, -0.05) is 0 Å². The predicted octanol–water partition coefficient (Wildman–Crippen LogP) is 4.17. The molecule has 2 heterocycles. The topological polar surface area (TPSA) is 109 Å². The summed E-state index contributed by atoms with van der Waals surface area (Å²) in [6, 6.07) is 6.69. The molecule has 0 aliphatic heterocycles. The number of oxazole rings is 1. The van der Waals surface area contributed by atoms with Gasteiger partial charge in [0.15, 0.2) is 5.58 Å². The Kier molecular flexibility index (Phi) is 5.95. The van der Waals surface area contributed by atoms with Gasteiger partial charge in [-0.05, 0) is 51.9 Å². The molecule has 0 aliphatic rings. The van der Waals surface area contributed by atoms with Crippen LogP contribution in [0.2, 0.25) is 0 Å². The van der Waals surface area contributed by atoms with Gasteiger partial charge >= 0.3 is 6.09 Å². The van der Waals surface area contributed by atoms with Gasteiger partial charge < -0.3 is 28.5 Å². The lowest BCUT2D eigenvalue weighted by atomic mass is 10.2. The fraction of sp³-hybridized carbons (Fsp3) is 0.450. The van der Waals surface area contributed by atoms with E-state index < -0.39 is 11.7 Å². The highest BCUT2D eigenvalue weighted by Crippen LogP contribution is 2.28. The van der Waals surface area contributed by atoms with E-state index >= 15 is 0 Å². The molecule has 29 heavy (non-hydrogen) atoms. The number of hydrogen-bond donors (Lipinski definition) is 1. The first-order valence-electron chi connectivity index (χ1n) is 9.36. The predicted molar refractivity (Wildman–Crippen MR) is 105 cm³/mol. The Balaban J connectivity index is 1.59. The quantitative estimate of drug-likeness (QED) is 0.626. The molecule has 1 N–H and O–H groups in total. The number of fused-ring (bicyclic) bond motifs is 1. The van der Waals surface area contributed by atoms with Crippen molar-refractivity contribution in [1.29, 1.82) is 0 Å². The maximum Gasteiger partial charge on any atom is 0.407 e. The van der Waals surface area contributed by atoms with Gasteiger partial charge in [-0.15, -0.1) is 0 Å². The normalized spacial score (nSPS) is 12.6.